The van der Waals surface area contributed by atoms with Crippen LogP contribution in [0.5, 0.6) is 0 Å². The van der Waals surface area contributed by atoms with Gasteiger partial charge in [-0.05, 0) is 64.3 Å². The second-order valence-electron chi connectivity index (χ2n) is 9.20. The Bertz CT molecular complexity index is 956. The quantitative estimate of drug-likeness (QED) is 0.124. The molecule has 1 heterocycles. The zero-order valence-corrected chi connectivity index (χ0v) is 24.2. The number of hydrogen-bond donors (Lipinski definition) is 5. The molecule has 0 fully saturated rings. The number of hydrazone groups is 1. The van der Waals surface area contributed by atoms with Crippen LogP contribution in [0.25, 0.3) is 0 Å². The second-order valence-corrected chi connectivity index (χ2v) is 9.20. The molecule has 2 amide bonds. The molecule has 0 aliphatic carbocycles. The van der Waals surface area contributed by atoms with Crippen molar-refractivity contribution in [3.05, 3.63) is 71.9 Å². The highest BCUT2D eigenvalue weighted by molar-refractivity contribution is 6.11. The third-order valence-corrected chi connectivity index (χ3v) is 6.32. The van der Waals surface area contributed by atoms with Crippen LogP contribution < -0.4 is 21.3 Å². The van der Waals surface area contributed by atoms with Gasteiger partial charge in [0.2, 0.25) is 0 Å². The zero-order valence-electron chi connectivity index (χ0n) is 24.2. The molecule has 0 saturated carbocycles. The lowest BCUT2D eigenvalue weighted by molar-refractivity contribution is 0.237. The number of nitrogens with one attached hydrogen (secondary N) is 5. The van der Waals surface area contributed by atoms with E-state index in [1.165, 1.54) is 0 Å². The van der Waals surface area contributed by atoms with E-state index < -0.39 is 0 Å². The van der Waals surface area contributed by atoms with Crippen molar-refractivity contribution in [1.82, 2.24) is 26.3 Å². The van der Waals surface area contributed by atoms with Gasteiger partial charge in [0.1, 0.15) is 5.82 Å². The predicted octanol–water partition coefficient (Wildman–Crippen LogP) is 5.73. The van der Waals surface area contributed by atoms with Crippen molar-refractivity contribution in [2.45, 2.75) is 72.3 Å². The summed E-state index contributed by atoms with van der Waals surface area (Å²) in [6.45, 7) is 13.1. The fraction of sp³-hybridized carbons (Fsp3) is 0.500. The summed E-state index contributed by atoms with van der Waals surface area (Å²) in [6.07, 6.45) is 20.1. The van der Waals surface area contributed by atoms with E-state index in [0.717, 1.165) is 49.1 Å². The van der Waals surface area contributed by atoms with Crippen LogP contribution in [0.2, 0.25) is 0 Å². The highest BCUT2D eigenvalue weighted by Crippen LogP contribution is 2.27. The number of nitrogens with zero attached hydrogens (tertiary/aromatic N) is 2. The van der Waals surface area contributed by atoms with Crippen molar-refractivity contribution >= 4 is 18.0 Å². The van der Waals surface area contributed by atoms with E-state index in [0.29, 0.717) is 24.4 Å². The van der Waals surface area contributed by atoms with Crippen molar-refractivity contribution in [2.75, 3.05) is 20.6 Å². The first-order valence-corrected chi connectivity index (χ1v) is 13.7. The summed E-state index contributed by atoms with van der Waals surface area (Å²) in [7, 11) is 3.79. The highest BCUT2D eigenvalue weighted by atomic mass is 16.2. The largest absolute Gasteiger partial charge is 0.348 e. The number of rotatable bonds is 17. The average Bonchev–Trinajstić information content (AvgIpc) is 3.22. The van der Waals surface area contributed by atoms with Gasteiger partial charge >= 0.3 is 6.03 Å². The number of amides is 2. The molecule has 210 valence electrons. The van der Waals surface area contributed by atoms with Crippen LogP contribution in [0.15, 0.2) is 77.0 Å². The molecule has 1 aliphatic heterocycles. The van der Waals surface area contributed by atoms with Gasteiger partial charge in [0.25, 0.3) is 0 Å². The van der Waals surface area contributed by atoms with Crippen molar-refractivity contribution in [3.63, 3.8) is 0 Å². The first-order valence-electron chi connectivity index (χ1n) is 13.7. The number of carbonyl (C=O) groups is 1. The average molecular weight is 524 g/mol. The van der Waals surface area contributed by atoms with E-state index in [1.807, 2.05) is 64.5 Å². The van der Waals surface area contributed by atoms with Gasteiger partial charge < -0.3 is 21.4 Å². The Morgan fingerprint density at radius 3 is 2.55 bits per heavy atom. The fourth-order valence-electron chi connectivity index (χ4n) is 3.92. The monoisotopic (exact) mass is 523 g/mol. The molecule has 1 unspecified atom stereocenters. The van der Waals surface area contributed by atoms with Gasteiger partial charge in [-0.25, -0.2) is 4.79 Å². The molecule has 0 spiro atoms. The molecular formula is C30H49N7O. The molecule has 1 aliphatic rings. The van der Waals surface area contributed by atoms with Crippen LogP contribution in [0.3, 0.4) is 0 Å². The van der Waals surface area contributed by atoms with Gasteiger partial charge in [-0.15, -0.1) is 0 Å². The molecular weight excluding hydrogens is 474 g/mol. The first kappa shape index (κ1) is 32.6. The van der Waals surface area contributed by atoms with Crippen LogP contribution >= 0.6 is 0 Å². The Morgan fingerprint density at radius 1 is 1.24 bits per heavy atom. The molecule has 0 aromatic rings. The number of carbonyl (C=O) groups excluding carboxylic acids is 1. The lowest BCUT2D eigenvalue weighted by Gasteiger charge is -2.22. The molecule has 8 nitrogen and oxygen atoms in total. The molecule has 0 aromatic heterocycles. The molecule has 0 aromatic carbocycles. The topological polar surface area (TPSA) is 105 Å². The van der Waals surface area contributed by atoms with Crippen LogP contribution in [0, 0.1) is 11.3 Å². The van der Waals surface area contributed by atoms with Gasteiger partial charge in [-0.3, -0.25) is 10.3 Å². The maximum absolute atomic E-state index is 13.0. The van der Waals surface area contributed by atoms with Gasteiger partial charge in [-0.2, -0.15) is 5.10 Å². The smallest absolute Gasteiger partial charge is 0.320 e. The fourth-order valence-corrected chi connectivity index (χ4v) is 3.92. The van der Waals surface area contributed by atoms with E-state index in [9.17, 15) is 10.2 Å². The van der Waals surface area contributed by atoms with Gasteiger partial charge in [-0.1, -0.05) is 64.2 Å². The minimum absolute atomic E-state index is 0.0448. The van der Waals surface area contributed by atoms with Crippen molar-refractivity contribution in [1.29, 1.82) is 5.41 Å². The van der Waals surface area contributed by atoms with Gasteiger partial charge in [0.05, 0.1) is 5.71 Å². The minimum atomic E-state index is -0.288. The number of unbranched alkanes of at least 4 members (excludes halogenated alkanes) is 1. The van der Waals surface area contributed by atoms with Crippen LogP contribution in [0.1, 0.15) is 66.2 Å². The van der Waals surface area contributed by atoms with Crippen molar-refractivity contribution in [2.24, 2.45) is 11.0 Å². The standard InChI is InChI=1S/C30H49N7O/c1-8-12-14-15-16-19-33-29(36-30(38)35-26(10-3)18-20-32-6)27(11-4)28(31)24(17-13-9-2)21-25-22-34-37(7)23(25)5/h8,12,14-17,19,22,25-26,31-33H,5,9-11,13,18,20-21H2,1-4,6-7H3,(H2,35,36,38)/b12-8-,15-14-,19-16+,24-17+,29-27+,31-28?/t25?,26-/m0/s1. The first-order chi connectivity index (χ1) is 18.3. The lowest BCUT2D eigenvalue weighted by atomic mass is 9.90. The van der Waals surface area contributed by atoms with E-state index in [4.69, 9.17) is 0 Å². The maximum atomic E-state index is 13.0. The summed E-state index contributed by atoms with van der Waals surface area (Å²) in [4.78, 5) is 13.0. The summed E-state index contributed by atoms with van der Waals surface area (Å²) < 4.78 is 0. The minimum Gasteiger partial charge on any atom is -0.348 e. The molecule has 0 bridgehead atoms. The van der Waals surface area contributed by atoms with Crippen LogP contribution in [-0.2, 0) is 0 Å². The van der Waals surface area contributed by atoms with Crippen LogP contribution in [-0.4, -0.2) is 49.6 Å². The molecule has 8 heteroatoms. The zero-order chi connectivity index (χ0) is 28.3. The molecule has 1 rings (SSSR count). The van der Waals surface area contributed by atoms with E-state index in [1.54, 1.807) is 11.2 Å². The Hall–Kier alpha value is -3.39. The summed E-state index contributed by atoms with van der Waals surface area (Å²) in [5, 5.41) is 27.8. The highest BCUT2D eigenvalue weighted by Gasteiger charge is 2.24. The summed E-state index contributed by atoms with van der Waals surface area (Å²) in [6, 6.07) is -0.235. The van der Waals surface area contributed by atoms with Gasteiger partial charge in [0.15, 0.2) is 0 Å². The third kappa shape index (κ3) is 11.3. The van der Waals surface area contributed by atoms with Crippen LogP contribution in [0.4, 0.5) is 4.79 Å². The number of urea groups is 1. The van der Waals surface area contributed by atoms with E-state index in [2.05, 4.69) is 52.9 Å². The SMILES string of the molecule is C=C1C(C/C(=C\CCC)C(=N)/C(CC)=C(\N/C=C/C=C\C=C/C)NC(=O)N[C@@H](CC)CCNC)C=NN1C. The third-order valence-electron chi connectivity index (χ3n) is 6.32. The van der Waals surface area contributed by atoms with Crippen molar-refractivity contribution in [3.8, 4) is 0 Å². The second kappa shape index (κ2) is 18.8. The Kier molecular flexibility index (Phi) is 16.1. The van der Waals surface area contributed by atoms with Gasteiger partial charge in [0, 0.05) is 42.7 Å². The maximum Gasteiger partial charge on any atom is 0.320 e. The Balaban J connectivity index is 3.30. The summed E-state index contributed by atoms with van der Waals surface area (Å²) in [5.74, 6) is 0.552. The molecule has 38 heavy (non-hydrogen) atoms. The Labute approximate surface area is 230 Å². The summed E-state index contributed by atoms with van der Waals surface area (Å²) >= 11 is 0. The van der Waals surface area contributed by atoms with E-state index >= 15 is 0 Å². The normalized spacial score (nSPS) is 17.5. The summed E-state index contributed by atoms with van der Waals surface area (Å²) in [5.41, 5.74) is 3.00. The lowest BCUT2D eigenvalue weighted by Crippen LogP contribution is -2.44. The van der Waals surface area contributed by atoms with E-state index in [-0.39, 0.29) is 18.0 Å². The molecule has 2 atom stereocenters. The molecule has 0 radical (unpaired) electrons. The number of hydrogen-bond acceptors (Lipinski definition) is 6. The van der Waals surface area contributed by atoms with Crippen molar-refractivity contribution < 1.29 is 4.79 Å². The molecule has 5 N–H and O–H groups in total. The number of allylic oxidation sites excluding steroid dienone is 9. The Morgan fingerprint density at radius 2 is 1.97 bits per heavy atom. The predicted molar refractivity (Wildman–Crippen MR) is 162 cm³/mol. The molecule has 0 saturated heterocycles.